The van der Waals surface area contributed by atoms with Gasteiger partial charge in [-0.25, -0.2) is 9.78 Å². The number of hydrogen-bond acceptors (Lipinski definition) is 5. The number of imidazole rings is 1. The van der Waals surface area contributed by atoms with Crippen molar-refractivity contribution in [3.63, 3.8) is 0 Å². The lowest BCUT2D eigenvalue weighted by atomic mass is 9.77. The Morgan fingerprint density at radius 1 is 1.06 bits per heavy atom. The number of hydrogen-bond donors (Lipinski definition) is 2. The van der Waals surface area contributed by atoms with Gasteiger partial charge in [0.2, 0.25) is 0 Å². The highest BCUT2D eigenvalue weighted by Crippen LogP contribution is 2.48. The third-order valence-corrected chi connectivity index (χ3v) is 7.75. The predicted molar refractivity (Wildman–Crippen MR) is 133 cm³/mol. The zero-order valence-corrected chi connectivity index (χ0v) is 20.3. The van der Waals surface area contributed by atoms with Crippen LogP contribution in [0, 0.1) is 11.8 Å². The third-order valence-electron chi connectivity index (χ3n) is 7.75. The molecule has 3 aromatic rings. The van der Waals surface area contributed by atoms with Crippen molar-refractivity contribution >= 4 is 11.2 Å². The van der Waals surface area contributed by atoms with Gasteiger partial charge >= 0.3 is 5.69 Å². The minimum absolute atomic E-state index is 0.235. The number of rotatable bonds is 9. The third kappa shape index (κ3) is 4.24. The van der Waals surface area contributed by atoms with E-state index in [-0.39, 0.29) is 11.2 Å². The number of pyridine rings is 1. The van der Waals surface area contributed by atoms with Crippen molar-refractivity contribution in [3.05, 3.63) is 56.8 Å². The number of H-pyrrole nitrogens is 1. The summed E-state index contributed by atoms with van der Waals surface area (Å²) in [5.74, 6) is 2.43. The standard InChI is InChI=1S/C26H36N6O2/c1-3-13-31-24-22(25(33)32(14-4-2)26(31)34)29-23(30-24)19-15-17-8-9-18(16-19)21(17)28-12-10-20-7-5-6-11-27-20/h5-7,11,17-19,21,28H,3-4,8-10,12-16H2,1-2H3,(H,29,30). The molecule has 182 valence electrons. The smallest absolute Gasteiger partial charge is 0.332 e. The van der Waals surface area contributed by atoms with Crippen molar-refractivity contribution in [1.82, 2.24) is 29.4 Å². The minimum atomic E-state index is -0.236. The summed E-state index contributed by atoms with van der Waals surface area (Å²) in [5.41, 5.74) is 1.67. The Kier molecular flexibility index (Phi) is 6.68. The number of fused-ring (bicyclic) bond motifs is 3. The van der Waals surface area contributed by atoms with Gasteiger partial charge in [-0.3, -0.25) is 18.9 Å². The average molecular weight is 465 g/mol. The second-order valence-electron chi connectivity index (χ2n) is 10.0. The monoisotopic (exact) mass is 464 g/mol. The topological polar surface area (TPSA) is 97.6 Å². The summed E-state index contributed by atoms with van der Waals surface area (Å²) >= 11 is 0. The second-order valence-corrected chi connectivity index (χ2v) is 10.0. The van der Waals surface area contributed by atoms with Crippen LogP contribution in [0.3, 0.4) is 0 Å². The van der Waals surface area contributed by atoms with E-state index < -0.39 is 0 Å². The molecule has 5 rings (SSSR count). The van der Waals surface area contributed by atoms with Crippen molar-refractivity contribution in [3.8, 4) is 0 Å². The molecule has 0 saturated heterocycles. The van der Waals surface area contributed by atoms with Crippen molar-refractivity contribution < 1.29 is 0 Å². The zero-order valence-electron chi connectivity index (χ0n) is 20.3. The van der Waals surface area contributed by atoms with Crippen molar-refractivity contribution in [2.75, 3.05) is 6.54 Å². The first-order valence-corrected chi connectivity index (χ1v) is 13.0. The van der Waals surface area contributed by atoms with E-state index in [9.17, 15) is 9.59 Å². The molecule has 2 N–H and O–H groups in total. The van der Waals surface area contributed by atoms with E-state index in [1.54, 1.807) is 4.57 Å². The molecule has 0 aliphatic heterocycles. The van der Waals surface area contributed by atoms with Crippen molar-refractivity contribution in [2.24, 2.45) is 11.8 Å². The fourth-order valence-corrected chi connectivity index (χ4v) is 6.22. The van der Waals surface area contributed by atoms with E-state index in [0.717, 1.165) is 50.2 Å². The lowest BCUT2D eigenvalue weighted by Crippen LogP contribution is -2.42. The molecule has 2 aliphatic carbocycles. The van der Waals surface area contributed by atoms with Crippen molar-refractivity contribution in [2.45, 2.75) is 83.8 Å². The number of aromatic nitrogens is 5. The highest BCUT2D eigenvalue weighted by molar-refractivity contribution is 5.70. The molecular weight excluding hydrogens is 428 g/mol. The number of nitrogens with zero attached hydrogens (tertiary/aromatic N) is 4. The minimum Gasteiger partial charge on any atom is -0.336 e. The maximum absolute atomic E-state index is 13.1. The first kappa shape index (κ1) is 23.0. The highest BCUT2D eigenvalue weighted by atomic mass is 16.2. The molecule has 0 amide bonds. The molecule has 2 atom stereocenters. The Labute approximate surface area is 199 Å². The van der Waals surface area contributed by atoms with E-state index in [0.29, 0.717) is 48.0 Å². The van der Waals surface area contributed by atoms with Gasteiger partial charge < -0.3 is 10.3 Å². The SMILES string of the molecule is CCCn1c(=O)c2[nH]c(C3CC4CCC(C3)C4NCCc3ccccn3)nc2n(CCC)c1=O. The maximum Gasteiger partial charge on any atom is 0.332 e. The van der Waals surface area contributed by atoms with E-state index in [4.69, 9.17) is 4.98 Å². The van der Waals surface area contributed by atoms with Crippen LogP contribution < -0.4 is 16.6 Å². The molecule has 2 bridgehead atoms. The van der Waals surface area contributed by atoms with Gasteiger partial charge in [-0.2, -0.15) is 0 Å². The molecule has 8 heteroatoms. The van der Waals surface area contributed by atoms with Crippen LogP contribution in [0.15, 0.2) is 34.0 Å². The van der Waals surface area contributed by atoms with E-state index in [1.165, 1.54) is 17.4 Å². The molecule has 34 heavy (non-hydrogen) atoms. The quantitative estimate of drug-likeness (QED) is 0.507. The molecule has 2 saturated carbocycles. The molecule has 2 fully saturated rings. The van der Waals surface area contributed by atoms with E-state index in [2.05, 4.69) is 21.4 Å². The molecule has 0 radical (unpaired) electrons. The molecule has 0 aromatic carbocycles. The van der Waals surface area contributed by atoms with Gasteiger partial charge in [0.25, 0.3) is 5.56 Å². The van der Waals surface area contributed by atoms with Crippen LogP contribution in [0.25, 0.3) is 11.2 Å². The van der Waals surface area contributed by atoms with Crippen LogP contribution in [0.4, 0.5) is 0 Å². The lowest BCUT2D eigenvalue weighted by molar-refractivity contribution is 0.229. The Bertz CT molecular complexity index is 1230. The first-order chi connectivity index (χ1) is 16.6. The van der Waals surface area contributed by atoms with Crippen LogP contribution in [-0.2, 0) is 19.5 Å². The second kappa shape index (κ2) is 9.86. The van der Waals surface area contributed by atoms with Gasteiger partial charge in [0.15, 0.2) is 5.65 Å². The fraction of sp³-hybridized carbons (Fsp3) is 0.615. The molecule has 0 spiro atoms. The number of aryl methyl sites for hydroxylation is 1. The maximum atomic E-state index is 13.1. The summed E-state index contributed by atoms with van der Waals surface area (Å²) in [7, 11) is 0. The first-order valence-electron chi connectivity index (χ1n) is 13.0. The Morgan fingerprint density at radius 3 is 2.47 bits per heavy atom. The molecule has 2 unspecified atom stereocenters. The highest BCUT2D eigenvalue weighted by Gasteiger charge is 2.43. The van der Waals surface area contributed by atoms with Crippen LogP contribution >= 0.6 is 0 Å². The van der Waals surface area contributed by atoms with Gasteiger partial charge in [-0.1, -0.05) is 19.9 Å². The summed E-state index contributed by atoms with van der Waals surface area (Å²) < 4.78 is 3.05. The summed E-state index contributed by atoms with van der Waals surface area (Å²) in [6.45, 7) is 5.98. The van der Waals surface area contributed by atoms with Gasteiger partial charge in [0.1, 0.15) is 11.3 Å². The molecule has 3 heterocycles. The van der Waals surface area contributed by atoms with Gasteiger partial charge in [-0.05, 0) is 62.5 Å². The average Bonchev–Trinajstić information content (AvgIpc) is 3.38. The summed E-state index contributed by atoms with van der Waals surface area (Å²) in [6.07, 6.45) is 8.99. The number of nitrogens with one attached hydrogen (secondary N) is 2. The molecule has 2 aliphatic rings. The Morgan fingerprint density at radius 2 is 1.79 bits per heavy atom. The molecular formula is C26H36N6O2. The lowest BCUT2D eigenvalue weighted by Gasteiger charge is -2.35. The summed E-state index contributed by atoms with van der Waals surface area (Å²) in [5, 5.41) is 3.83. The van der Waals surface area contributed by atoms with Gasteiger partial charge in [-0.15, -0.1) is 0 Å². The zero-order chi connectivity index (χ0) is 23.7. The fourth-order valence-electron chi connectivity index (χ4n) is 6.22. The Hall–Kier alpha value is -2.74. The summed E-state index contributed by atoms with van der Waals surface area (Å²) in [4.78, 5) is 38.7. The predicted octanol–water partition coefficient (Wildman–Crippen LogP) is 3.21. The van der Waals surface area contributed by atoms with Crippen LogP contribution in [0.5, 0.6) is 0 Å². The number of aromatic amines is 1. The largest absolute Gasteiger partial charge is 0.336 e. The Balaban J connectivity index is 1.35. The molecule has 3 aromatic heterocycles. The van der Waals surface area contributed by atoms with Crippen LogP contribution in [0.2, 0.25) is 0 Å². The normalized spacial score (nSPS) is 24.2. The summed E-state index contributed by atoms with van der Waals surface area (Å²) in [6, 6.07) is 6.63. The van der Waals surface area contributed by atoms with Gasteiger partial charge in [0, 0.05) is 49.9 Å². The van der Waals surface area contributed by atoms with Crippen LogP contribution in [-0.4, -0.2) is 36.7 Å². The van der Waals surface area contributed by atoms with Crippen molar-refractivity contribution in [1.29, 1.82) is 0 Å². The molecule has 8 nitrogen and oxygen atoms in total. The van der Waals surface area contributed by atoms with Crippen LogP contribution in [0.1, 0.15) is 69.8 Å². The van der Waals surface area contributed by atoms with E-state index >= 15 is 0 Å². The van der Waals surface area contributed by atoms with E-state index in [1.807, 2.05) is 32.2 Å². The van der Waals surface area contributed by atoms with Gasteiger partial charge in [0.05, 0.1) is 0 Å².